The predicted molar refractivity (Wildman–Crippen MR) is 56.9 cm³/mol. The van der Waals surface area contributed by atoms with Crippen LogP contribution in [0.3, 0.4) is 0 Å². The minimum Gasteiger partial charge on any atom is -0.379 e. The molecular weight excluding hydrogens is 180 g/mol. The van der Waals surface area contributed by atoms with Crippen LogP contribution in [0.4, 0.5) is 0 Å². The summed E-state index contributed by atoms with van der Waals surface area (Å²) in [6.45, 7) is 5.93. The van der Waals surface area contributed by atoms with Gasteiger partial charge in [0.15, 0.2) is 0 Å². The third-order valence-electron chi connectivity index (χ3n) is 1.64. The van der Waals surface area contributed by atoms with E-state index in [2.05, 4.69) is 11.9 Å². The van der Waals surface area contributed by atoms with Crippen molar-refractivity contribution in [3.63, 3.8) is 0 Å². The molecule has 82 valence electrons. The van der Waals surface area contributed by atoms with Crippen molar-refractivity contribution >= 4 is 5.91 Å². The Morgan fingerprint density at radius 1 is 1.50 bits per heavy atom. The van der Waals surface area contributed by atoms with Crippen molar-refractivity contribution in [3.05, 3.63) is 12.7 Å². The molecule has 0 aliphatic rings. The molecule has 0 rings (SSSR count). The lowest BCUT2D eigenvalue weighted by atomic mass is 10.3. The highest BCUT2D eigenvalue weighted by molar-refractivity contribution is 5.75. The first-order chi connectivity index (χ1) is 6.81. The number of hydrogen-bond donors (Lipinski definition) is 2. The maximum atomic E-state index is 11.1. The summed E-state index contributed by atoms with van der Waals surface area (Å²) in [5.41, 5.74) is 5.27. The van der Waals surface area contributed by atoms with E-state index >= 15 is 0 Å². The molecule has 0 aromatic rings. The van der Waals surface area contributed by atoms with Crippen molar-refractivity contribution in [1.29, 1.82) is 0 Å². The van der Waals surface area contributed by atoms with Crippen LogP contribution in [0.1, 0.15) is 19.3 Å². The number of rotatable bonds is 9. The fraction of sp³-hybridized carbons (Fsp3) is 0.700. The Morgan fingerprint density at radius 3 is 2.93 bits per heavy atom. The number of ether oxygens (including phenoxy) is 1. The maximum Gasteiger partial charge on any atom is 0.220 e. The Morgan fingerprint density at radius 2 is 2.29 bits per heavy atom. The Balaban J connectivity index is 3.10. The van der Waals surface area contributed by atoms with Gasteiger partial charge in [-0.05, 0) is 19.4 Å². The third kappa shape index (κ3) is 9.22. The fourth-order valence-electron chi connectivity index (χ4n) is 0.882. The van der Waals surface area contributed by atoms with Crippen molar-refractivity contribution in [3.8, 4) is 0 Å². The zero-order chi connectivity index (χ0) is 10.6. The highest BCUT2D eigenvalue weighted by Gasteiger charge is 1.98. The summed E-state index contributed by atoms with van der Waals surface area (Å²) in [7, 11) is 0. The van der Waals surface area contributed by atoms with Gasteiger partial charge in [0.2, 0.25) is 5.91 Å². The number of nitrogens with one attached hydrogen (secondary N) is 1. The van der Waals surface area contributed by atoms with Crippen LogP contribution in [0.5, 0.6) is 0 Å². The molecule has 0 bridgehead atoms. The smallest absolute Gasteiger partial charge is 0.220 e. The van der Waals surface area contributed by atoms with Gasteiger partial charge in [0.25, 0.3) is 0 Å². The molecule has 0 fully saturated rings. The lowest BCUT2D eigenvalue weighted by Crippen LogP contribution is -2.27. The second-order valence-electron chi connectivity index (χ2n) is 2.93. The van der Waals surface area contributed by atoms with Crippen LogP contribution in [0.25, 0.3) is 0 Å². The van der Waals surface area contributed by atoms with E-state index in [0.29, 0.717) is 32.7 Å². The summed E-state index contributed by atoms with van der Waals surface area (Å²) in [4.78, 5) is 11.1. The van der Waals surface area contributed by atoms with Crippen LogP contribution in [0.2, 0.25) is 0 Å². The largest absolute Gasteiger partial charge is 0.379 e. The second kappa shape index (κ2) is 10.2. The highest BCUT2D eigenvalue weighted by Crippen LogP contribution is 1.85. The molecule has 4 nitrogen and oxygen atoms in total. The van der Waals surface area contributed by atoms with E-state index in [0.717, 1.165) is 12.8 Å². The third-order valence-corrected chi connectivity index (χ3v) is 1.64. The zero-order valence-corrected chi connectivity index (χ0v) is 8.63. The minimum absolute atomic E-state index is 0.0442. The molecule has 0 atom stereocenters. The van der Waals surface area contributed by atoms with Crippen molar-refractivity contribution in [1.82, 2.24) is 5.32 Å². The highest BCUT2D eigenvalue weighted by atomic mass is 16.5. The first-order valence-electron chi connectivity index (χ1n) is 4.96. The first kappa shape index (κ1) is 13.1. The summed E-state index contributed by atoms with van der Waals surface area (Å²) in [5, 5.41) is 2.75. The standard InChI is InChI=1S/C10H20N2O2/c1-2-3-8-14-9-7-12-10(13)5-4-6-11/h2H,1,3-9,11H2,(H,12,13). The van der Waals surface area contributed by atoms with Crippen molar-refractivity contribution in [2.24, 2.45) is 5.73 Å². The fourth-order valence-corrected chi connectivity index (χ4v) is 0.882. The van der Waals surface area contributed by atoms with Gasteiger partial charge in [0.1, 0.15) is 0 Å². The van der Waals surface area contributed by atoms with Crippen molar-refractivity contribution in [2.45, 2.75) is 19.3 Å². The van der Waals surface area contributed by atoms with Gasteiger partial charge in [-0.25, -0.2) is 0 Å². The van der Waals surface area contributed by atoms with E-state index in [9.17, 15) is 4.79 Å². The van der Waals surface area contributed by atoms with Gasteiger partial charge in [-0.2, -0.15) is 0 Å². The molecule has 3 N–H and O–H groups in total. The first-order valence-corrected chi connectivity index (χ1v) is 4.96. The quantitative estimate of drug-likeness (QED) is 0.419. The van der Waals surface area contributed by atoms with Crippen LogP contribution in [0, 0.1) is 0 Å². The van der Waals surface area contributed by atoms with E-state index in [-0.39, 0.29) is 5.91 Å². The average Bonchev–Trinajstić information content (AvgIpc) is 2.20. The molecule has 1 amide bonds. The molecule has 0 unspecified atom stereocenters. The maximum absolute atomic E-state index is 11.1. The van der Waals surface area contributed by atoms with Gasteiger partial charge < -0.3 is 15.8 Å². The topological polar surface area (TPSA) is 64.3 Å². The summed E-state index contributed by atoms with van der Waals surface area (Å²) in [6.07, 6.45) is 3.90. The number of carbonyl (C=O) groups excluding carboxylic acids is 1. The average molecular weight is 200 g/mol. The van der Waals surface area contributed by atoms with Gasteiger partial charge in [0, 0.05) is 13.0 Å². The molecule has 0 aliphatic heterocycles. The molecule has 0 aromatic carbocycles. The van der Waals surface area contributed by atoms with Gasteiger partial charge in [-0.3, -0.25) is 4.79 Å². The van der Waals surface area contributed by atoms with Gasteiger partial charge >= 0.3 is 0 Å². The van der Waals surface area contributed by atoms with Crippen LogP contribution < -0.4 is 11.1 Å². The Hall–Kier alpha value is -0.870. The second-order valence-corrected chi connectivity index (χ2v) is 2.93. The van der Waals surface area contributed by atoms with E-state index < -0.39 is 0 Å². The number of hydrogen-bond acceptors (Lipinski definition) is 3. The monoisotopic (exact) mass is 200 g/mol. The Labute approximate surface area is 85.5 Å². The van der Waals surface area contributed by atoms with Crippen molar-refractivity contribution < 1.29 is 9.53 Å². The minimum atomic E-state index is 0.0442. The molecule has 0 spiro atoms. The summed E-state index contributed by atoms with van der Waals surface area (Å²) < 4.78 is 5.22. The number of nitrogens with two attached hydrogens (primary N) is 1. The van der Waals surface area contributed by atoms with Gasteiger partial charge in [-0.1, -0.05) is 6.08 Å². The lowest BCUT2D eigenvalue weighted by molar-refractivity contribution is -0.121. The molecule has 0 radical (unpaired) electrons. The van der Waals surface area contributed by atoms with Gasteiger partial charge in [0.05, 0.1) is 13.2 Å². The lowest BCUT2D eigenvalue weighted by Gasteiger charge is -2.04. The van der Waals surface area contributed by atoms with E-state index in [1.54, 1.807) is 6.08 Å². The van der Waals surface area contributed by atoms with E-state index in [1.165, 1.54) is 0 Å². The number of carbonyl (C=O) groups is 1. The van der Waals surface area contributed by atoms with Crippen LogP contribution in [-0.4, -0.2) is 32.2 Å². The molecule has 0 heterocycles. The molecular formula is C10H20N2O2. The van der Waals surface area contributed by atoms with E-state index in [4.69, 9.17) is 10.5 Å². The summed E-state index contributed by atoms with van der Waals surface area (Å²) in [6, 6.07) is 0. The number of amides is 1. The molecule has 0 aromatic heterocycles. The molecule has 0 aliphatic carbocycles. The SMILES string of the molecule is C=CCCOCCNC(=O)CCCN. The summed E-state index contributed by atoms with van der Waals surface area (Å²) in [5.74, 6) is 0.0442. The Kier molecular flexibility index (Phi) is 9.58. The molecule has 0 saturated heterocycles. The summed E-state index contributed by atoms with van der Waals surface area (Å²) >= 11 is 0. The molecule has 4 heteroatoms. The van der Waals surface area contributed by atoms with Gasteiger partial charge in [-0.15, -0.1) is 6.58 Å². The van der Waals surface area contributed by atoms with Crippen LogP contribution in [0.15, 0.2) is 12.7 Å². The normalized spacial score (nSPS) is 9.79. The van der Waals surface area contributed by atoms with Crippen LogP contribution in [-0.2, 0) is 9.53 Å². The molecule has 14 heavy (non-hydrogen) atoms. The predicted octanol–water partition coefficient (Wildman–Crippen LogP) is 0.434. The van der Waals surface area contributed by atoms with Crippen LogP contribution >= 0.6 is 0 Å². The van der Waals surface area contributed by atoms with Crippen molar-refractivity contribution in [2.75, 3.05) is 26.3 Å². The molecule has 0 saturated carbocycles. The Bertz CT molecular complexity index is 160. The zero-order valence-electron chi connectivity index (χ0n) is 8.63. The van der Waals surface area contributed by atoms with E-state index in [1.807, 2.05) is 0 Å².